The summed E-state index contributed by atoms with van der Waals surface area (Å²) in [6.07, 6.45) is 10.2. The summed E-state index contributed by atoms with van der Waals surface area (Å²) in [5, 5.41) is 8.82. The predicted molar refractivity (Wildman–Crippen MR) is 122 cm³/mol. The molecule has 0 aliphatic carbocycles. The molecule has 1 aromatic carbocycles. The molecule has 1 aromatic rings. The van der Waals surface area contributed by atoms with Crippen molar-refractivity contribution in [2.24, 2.45) is 0 Å². The van der Waals surface area contributed by atoms with Crippen molar-refractivity contribution >= 4 is 12.1 Å². The molecule has 1 rings (SSSR count). The molecular formula is C25H41NO4. The van der Waals surface area contributed by atoms with Gasteiger partial charge in [0.15, 0.2) is 0 Å². The molecule has 0 spiro atoms. The number of amides is 1. The number of hydrogen-bond donors (Lipinski definition) is 1. The number of carbonyl (C=O) groups excluding carboxylic acids is 1. The van der Waals surface area contributed by atoms with Crippen molar-refractivity contribution in [2.45, 2.75) is 104 Å². The summed E-state index contributed by atoms with van der Waals surface area (Å²) in [5.74, 6) is -0.791. The first-order chi connectivity index (χ1) is 14.2. The van der Waals surface area contributed by atoms with Crippen LogP contribution in [0.3, 0.4) is 0 Å². The standard InChI is InChI=1S/C25H41NO4/c1-5-6-7-8-9-10-11-12-19-26(24(29)30-25(2,3)4)20-22-15-13-21(14-16-22)17-18-23(27)28/h13-16H,5-12,17-20H2,1-4H3,(H,27,28). The molecule has 0 saturated carbocycles. The molecular weight excluding hydrogens is 378 g/mol. The number of aryl methyl sites for hydroxylation is 1. The fraction of sp³-hybridized carbons (Fsp3) is 0.680. The molecule has 0 aliphatic rings. The van der Waals surface area contributed by atoms with E-state index in [-0.39, 0.29) is 12.5 Å². The summed E-state index contributed by atoms with van der Waals surface area (Å²) in [6, 6.07) is 7.84. The van der Waals surface area contributed by atoms with Crippen LogP contribution >= 0.6 is 0 Å². The lowest BCUT2D eigenvalue weighted by atomic mass is 10.1. The van der Waals surface area contributed by atoms with Crippen molar-refractivity contribution in [3.05, 3.63) is 35.4 Å². The zero-order chi connectivity index (χ0) is 22.4. The van der Waals surface area contributed by atoms with Gasteiger partial charge >= 0.3 is 12.1 Å². The van der Waals surface area contributed by atoms with Gasteiger partial charge in [0.25, 0.3) is 0 Å². The van der Waals surface area contributed by atoms with Gasteiger partial charge in [-0.25, -0.2) is 4.79 Å². The van der Waals surface area contributed by atoms with Crippen LogP contribution in [0.5, 0.6) is 0 Å². The molecule has 0 aliphatic heterocycles. The molecule has 30 heavy (non-hydrogen) atoms. The first kappa shape index (κ1) is 26.0. The molecule has 170 valence electrons. The third-order valence-corrected chi connectivity index (χ3v) is 4.96. The van der Waals surface area contributed by atoms with E-state index < -0.39 is 11.6 Å². The van der Waals surface area contributed by atoms with Gasteiger partial charge < -0.3 is 14.7 Å². The van der Waals surface area contributed by atoms with Crippen LogP contribution < -0.4 is 0 Å². The Kier molecular flexibility index (Phi) is 12.2. The summed E-state index contributed by atoms with van der Waals surface area (Å²) in [4.78, 5) is 25.2. The largest absolute Gasteiger partial charge is 0.481 e. The summed E-state index contributed by atoms with van der Waals surface area (Å²) in [6.45, 7) is 9.08. The van der Waals surface area contributed by atoms with Crippen LogP contribution in [0, 0.1) is 0 Å². The molecule has 0 atom stereocenters. The maximum atomic E-state index is 12.7. The van der Waals surface area contributed by atoms with Crippen LogP contribution in [-0.2, 0) is 22.5 Å². The Morgan fingerprint density at radius 2 is 1.43 bits per heavy atom. The molecule has 0 heterocycles. The fourth-order valence-corrected chi connectivity index (χ4v) is 3.28. The lowest BCUT2D eigenvalue weighted by molar-refractivity contribution is -0.136. The van der Waals surface area contributed by atoms with Gasteiger partial charge in [-0.15, -0.1) is 0 Å². The minimum absolute atomic E-state index is 0.127. The molecule has 1 amide bonds. The molecule has 1 N–H and O–H groups in total. The highest BCUT2D eigenvalue weighted by Crippen LogP contribution is 2.16. The number of carboxylic acids is 1. The maximum Gasteiger partial charge on any atom is 0.410 e. The van der Waals surface area contributed by atoms with E-state index in [9.17, 15) is 9.59 Å². The highest BCUT2D eigenvalue weighted by molar-refractivity contribution is 5.68. The molecule has 0 fully saturated rings. The second-order valence-corrected chi connectivity index (χ2v) is 9.09. The van der Waals surface area contributed by atoms with E-state index in [0.717, 1.165) is 24.0 Å². The summed E-state index contributed by atoms with van der Waals surface area (Å²) < 4.78 is 5.60. The van der Waals surface area contributed by atoms with E-state index >= 15 is 0 Å². The predicted octanol–water partition coefficient (Wildman–Crippen LogP) is 6.58. The number of carboxylic acid groups (broad SMARTS) is 1. The molecule has 0 saturated heterocycles. The zero-order valence-corrected chi connectivity index (χ0v) is 19.4. The number of rotatable bonds is 14. The van der Waals surface area contributed by atoms with Gasteiger partial charge in [-0.3, -0.25) is 4.79 Å². The quantitative estimate of drug-likeness (QED) is 0.346. The normalized spacial score (nSPS) is 11.3. The highest BCUT2D eigenvalue weighted by Gasteiger charge is 2.22. The Hall–Kier alpha value is -2.04. The van der Waals surface area contributed by atoms with Gasteiger partial charge in [-0.1, -0.05) is 76.1 Å². The lowest BCUT2D eigenvalue weighted by Crippen LogP contribution is -2.37. The molecule has 5 nitrogen and oxygen atoms in total. The third-order valence-electron chi connectivity index (χ3n) is 4.96. The summed E-state index contributed by atoms with van der Waals surface area (Å²) >= 11 is 0. The van der Waals surface area contributed by atoms with Gasteiger partial charge in [0.1, 0.15) is 5.60 Å². The fourth-order valence-electron chi connectivity index (χ4n) is 3.28. The van der Waals surface area contributed by atoms with Crippen molar-refractivity contribution in [1.29, 1.82) is 0 Å². The smallest absolute Gasteiger partial charge is 0.410 e. The Morgan fingerprint density at radius 3 is 1.97 bits per heavy atom. The van der Waals surface area contributed by atoms with Crippen LogP contribution in [0.25, 0.3) is 0 Å². The minimum atomic E-state index is -0.791. The molecule has 0 radical (unpaired) electrons. The Balaban J connectivity index is 2.56. The van der Waals surface area contributed by atoms with E-state index in [1.165, 1.54) is 38.5 Å². The van der Waals surface area contributed by atoms with Crippen LogP contribution in [0.4, 0.5) is 4.79 Å². The van der Waals surface area contributed by atoms with Crippen molar-refractivity contribution in [1.82, 2.24) is 4.90 Å². The van der Waals surface area contributed by atoms with E-state index in [0.29, 0.717) is 19.5 Å². The monoisotopic (exact) mass is 419 g/mol. The van der Waals surface area contributed by atoms with Crippen LogP contribution in [-0.4, -0.2) is 34.2 Å². The molecule has 0 bridgehead atoms. The molecule has 0 aromatic heterocycles. The van der Waals surface area contributed by atoms with Crippen molar-refractivity contribution in [2.75, 3.05) is 6.54 Å². The topological polar surface area (TPSA) is 66.8 Å². The first-order valence-corrected chi connectivity index (χ1v) is 11.5. The Labute approximate surface area is 182 Å². The van der Waals surface area contributed by atoms with E-state index in [2.05, 4.69) is 6.92 Å². The average Bonchev–Trinajstić information content (AvgIpc) is 2.67. The first-order valence-electron chi connectivity index (χ1n) is 11.5. The van der Waals surface area contributed by atoms with Gasteiger partial charge in [0.05, 0.1) is 0 Å². The second kappa shape index (κ2) is 14.1. The number of aliphatic carboxylic acids is 1. The summed E-state index contributed by atoms with van der Waals surface area (Å²) in [5.41, 5.74) is 1.50. The van der Waals surface area contributed by atoms with Gasteiger partial charge in [-0.2, -0.15) is 0 Å². The average molecular weight is 420 g/mol. The number of unbranched alkanes of at least 4 members (excludes halogenated alkanes) is 7. The Morgan fingerprint density at radius 1 is 0.900 bits per heavy atom. The molecule has 5 heteroatoms. The zero-order valence-electron chi connectivity index (χ0n) is 19.4. The number of hydrogen-bond acceptors (Lipinski definition) is 3. The van der Waals surface area contributed by atoms with Crippen molar-refractivity contribution in [3.8, 4) is 0 Å². The van der Waals surface area contributed by atoms with Crippen LogP contribution in [0.15, 0.2) is 24.3 Å². The number of benzene rings is 1. The highest BCUT2D eigenvalue weighted by atomic mass is 16.6. The minimum Gasteiger partial charge on any atom is -0.481 e. The van der Waals surface area contributed by atoms with Gasteiger partial charge in [-0.05, 0) is 44.7 Å². The number of carbonyl (C=O) groups is 2. The maximum absolute atomic E-state index is 12.7. The molecule has 0 unspecified atom stereocenters. The third kappa shape index (κ3) is 12.5. The Bertz CT molecular complexity index is 619. The second-order valence-electron chi connectivity index (χ2n) is 9.09. The SMILES string of the molecule is CCCCCCCCCCN(Cc1ccc(CCC(=O)O)cc1)C(=O)OC(C)(C)C. The van der Waals surface area contributed by atoms with Crippen LogP contribution in [0.2, 0.25) is 0 Å². The van der Waals surface area contributed by atoms with Gasteiger partial charge in [0.2, 0.25) is 0 Å². The lowest BCUT2D eigenvalue weighted by Gasteiger charge is -2.27. The van der Waals surface area contributed by atoms with Crippen molar-refractivity contribution < 1.29 is 19.4 Å². The van der Waals surface area contributed by atoms with E-state index in [1.807, 2.05) is 45.0 Å². The van der Waals surface area contributed by atoms with Crippen molar-refractivity contribution in [3.63, 3.8) is 0 Å². The van der Waals surface area contributed by atoms with Gasteiger partial charge in [0, 0.05) is 19.5 Å². The van der Waals surface area contributed by atoms with E-state index in [4.69, 9.17) is 9.84 Å². The number of nitrogens with zero attached hydrogens (tertiary/aromatic N) is 1. The van der Waals surface area contributed by atoms with Crippen LogP contribution in [0.1, 0.15) is 96.6 Å². The van der Waals surface area contributed by atoms with E-state index in [1.54, 1.807) is 4.90 Å². The summed E-state index contributed by atoms with van der Waals surface area (Å²) in [7, 11) is 0. The number of ether oxygens (including phenoxy) is 1.